The molecule has 0 spiro atoms. The number of aryl methyl sites for hydroxylation is 2. The molecule has 1 aliphatic heterocycles. The molecule has 0 saturated carbocycles. The molecule has 6 nitrogen and oxygen atoms in total. The highest BCUT2D eigenvalue weighted by atomic mass is 35.5. The molecule has 2 amide bonds. The van der Waals surface area contributed by atoms with Gasteiger partial charge in [-0.15, -0.1) is 0 Å². The smallest absolute Gasteiger partial charge is 0.246 e. The number of carbonyl (C=O) groups is 2. The minimum absolute atomic E-state index is 0.0566. The second kappa shape index (κ2) is 6.05. The van der Waals surface area contributed by atoms with Gasteiger partial charge in [0.1, 0.15) is 12.1 Å². The Morgan fingerprint density at radius 3 is 2.43 bits per heavy atom. The van der Waals surface area contributed by atoms with Crippen molar-refractivity contribution >= 4 is 23.4 Å². The van der Waals surface area contributed by atoms with Crippen LogP contribution in [0.15, 0.2) is 0 Å². The topological polar surface area (TPSA) is 67.2 Å². The average molecular weight is 313 g/mol. The van der Waals surface area contributed by atoms with E-state index in [4.69, 9.17) is 11.6 Å². The van der Waals surface area contributed by atoms with Gasteiger partial charge in [0.2, 0.25) is 11.8 Å². The molecule has 2 unspecified atom stereocenters. The first-order valence-corrected chi connectivity index (χ1v) is 7.57. The molecule has 2 rings (SSSR count). The van der Waals surface area contributed by atoms with Crippen molar-refractivity contribution in [3.8, 4) is 0 Å². The molecule has 1 aromatic heterocycles. The number of halogens is 1. The highest BCUT2D eigenvalue weighted by Gasteiger charge is 2.39. The number of piperazine rings is 1. The van der Waals surface area contributed by atoms with E-state index in [1.54, 1.807) is 16.6 Å². The van der Waals surface area contributed by atoms with E-state index in [9.17, 15) is 9.59 Å². The number of nitrogens with zero attached hydrogens (tertiary/aromatic N) is 3. The fraction of sp³-hybridized carbons (Fsp3) is 0.643. The summed E-state index contributed by atoms with van der Waals surface area (Å²) in [6.07, 6.45) is 1.15. The predicted molar refractivity (Wildman–Crippen MR) is 79.8 cm³/mol. The van der Waals surface area contributed by atoms with Gasteiger partial charge in [-0.25, -0.2) is 0 Å². The van der Waals surface area contributed by atoms with Crippen LogP contribution in [-0.4, -0.2) is 38.6 Å². The van der Waals surface area contributed by atoms with Crippen molar-refractivity contribution < 1.29 is 9.59 Å². The zero-order valence-corrected chi connectivity index (χ0v) is 13.6. The molecule has 7 heteroatoms. The Bertz CT molecular complexity index is 570. The van der Waals surface area contributed by atoms with E-state index in [1.165, 1.54) is 0 Å². The molecule has 1 fully saturated rings. The molecule has 2 heterocycles. The summed E-state index contributed by atoms with van der Waals surface area (Å²) in [5.74, 6) is -0.155. The summed E-state index contributed by atoms with van der Waals surface area (Å²) in [5.41, 5.74) is 1.48. The first-order chi connectivity index (χ1) is 9.90. The number of aromatic nitrogens is 2. The maximum atomic E-state index is 12.5. The van der Waals surface area contributed by atoms with Crippen LogP contribution < -0.4 is 5.32 Å². The van der Waals surface area contributed by atoms with Crippen LogP contribution in [0.1, 0.15) is 38.1 Å². The van der Waals surface area contributed by atoms with Crippen molar-refractivity contribution in [2.24, 2.45) is 7.05 Å². The summed E-state index contributed by atoms with van der Waals surface area (Å²) in [5, 5.41) is 7.59. The molecule has 1 N–H and O–H groups in total. The van der Waals surface area contributed by atoms with Gasteiger partial charge in [0.25, 0.3) is 0 Å². The maximum absolute atomic E-state index is 12.5. The quantitative estimate of drug-likeness (QED) is 0.914. The van der Waals surface area contributed by atoms with Gasteiger partial charge in [-0.05, 0) is 19.8 Å². The molecule has 116 valence electrons. The first-order valence-electron chi connectivity index (χ1n) is 7.19. The van der Waals surface area contributed by atoms with Gasteiger partial charge in [-0.1, -0.05) is 25.4 Å². The van der Waals surface area contributed by atoms with Gasteiger partial charge in [0.05, 0.1) is 23.0 Å². The van der Waals surface area contributed by atoms with Gasteiger partial charge in [0, 0.05) is 7.05 Å². The minimum atomic E-state index is -0.452. The Hall–Kier alpha value is -1.56. The molecule has 1 saturated heterocycles. The highest BCUT2D eigenvalue weighted by Crippen LogP contribution is 2.24. The lowest BCUT2D eigenvalue weighted by atomic mass is 10.0. The molecular formula is C14H21ClN4O2. The van der Waals surface area contributed by atoms with Crippen LogP contribution in [0.2, 0.25) is 5.02 Å². The average Bonchev–Trinajstić information content (AvgIpc) is 2.68. The molecule has 1 aromatic rings. The lowest BCUT2D eigenvalue weighted by molar-refractivity contribution is -0.150. The Balaban J connectivity index is 2.33. The molecule has 21 heavy (non-hydrogen) atoms. The standard InChI is InChI=1S/C14H21ClN4O2/c1-5-9-14(21)19(10(6-2)13(20)16-9)7-11-12(15)8(3)17-18(11)4/h9-10H,5-7H2,1-4H3,(H,16,20). The van der Waals surface area contributed by atoms with Crippen molar-refractivity contribution in [1.82, 2.24) is 20.0 Å². The Morgan fingerprint density at radius 1 is 1.29 bits per heavy atom. The molecule has 0 aromatic carbocycles. The van der Waals surface area contributed by atoms with E-state index in [-0.39, 0.29) is 11.8 Å². The molecule has 2 atom stereocenters. The fourth-order valence-electron chi connectivity index (χ4n) is 2.71. The van der Waals surface area contributed by atoms with Crippen LogP contribution in [0.25, 0.3) is 0 Å². The van der Waals surface area contributed by atoms with Crippen molar-refractivity contribution in [3.63, 3.8) is 0 Å². The maximum Gasteiger partial charge on any atom is 0.246 e. The van der Waals surface area contributed by atoms with Crippen LogP contribution in [0.3, 0.4) is 0 Å². The molecule has 0 radical (unpaired) electrons. The van der Waals surface area contributed by atoms with E-state index < -0.39 is 12.1 Å². The third kappa shape index (κ3) is 2.77. The van der Waals surface area contributed by atoms with E-state index in [0.29, 0.717) is 24.4 Å². The number of hydrogen-bond acceptors (Lipinski definition) is 3. The largest absolute Gasteiger partial charge is 0.343 e. The monoisotopic (exact) mass is 312 g/mol. The third-order valence-electron chi connectivity index (χ3n) is 3.95. The highest BCUT2D eigenvalue weighted by molar-refractivity contribution is 6.31. The van der Waals surface area contributed by atoms with E-state index in [1.807, 2.05) is 20.8 Å². The Labute approximate surface area is 129 Å². The number of amides is 2. The lowest BCUT2D eigenvalue weighted by Crippen LogP contribution is -2.62. The Kier molecular flexibility index (Phi) is 4.56. The summed E-state index contributed by atoms with van der Waals surface area (Å²) < 4.78 is 1.67. The summed E-state index contributed by atoms with van der Waals surface area (Å²) in [6.45, 7) is 5.90. The molecule has 0 bridgehead atoms. The van der Waals surface area contributed by atoms with E-state index in [0.717, 1.165) is 11.4 Å². The van der Waals surface area contributed by atoms with Crippen molar-refractivity contribution in [2.75, 3.05) is 0 Å². The van der Waals surface area contributed by atoms with Crippen LogP contribution in [0.5, 0.6) is 0 Å². The molecule has 0 aliphatic carbocycles. The van der Waals surface area contributed by atoms with Crippen LogP contribution in [0.4, 0.5) is 0 Å². The third-order valence-corrected chi connectivity index (χ3v) is 4.44. The molecular weight excluding hydrogens is 292 g/mol. The van der Waals surface area contributed by atoms with Crippen molar-refractivity contribution in [3.05, 3.63) is 16.4 Å². The number of rotatable bonds is 4. The van der Waals surface area contributed by atoms with E-state index in [2.05, 4.69) is 10.4 Å². The minimum Gasteiger partial charge on any atom is -0.343 e. The first kappa shape index (κ1) is 15.8. The molecule has 1 aliphatic rings. The lowest BCUT2D eigenvalue weighted by Gasteiger charge is -2.38. The normalized spacial score (nSPS) is 22.6. The second-order valence-corrected chi connectivity index (χ2v) is 5.71. The number of hydrogen-bond donors (Lipinski definition) is 1. The van der Waals surface area contributed by atoms with Gasteiger partial charge in [-0.2, -0.15) is 5.10 Å². The SMILES string of the molecule is CCC1NC(=O)C(CC)N(Cc2c(Cl)c(C)nn2C)C1=O. The van der Waals surface area contributed by atoms with Crippen molar-refractivity contribution in [1.29, 1.82) is 0 Å². The number of carbonyl (C=O) groups excluding carboxylic acids is 2. The summed E-state index contributed by atoms with van der Waals surface area (Å²) in [7, 11) is 1.79. The van der Waals surface area contributed by atoms with E-state index >= 15 is 0 Å². The van der Waals surface area contributed by atoms with Crippen LogP contribution >= 0.6 is 11.6 Å². The fourth-order valence-corrected chi connectivity index (χ4v) is 2.93. The zero-order valence-electron chi connectivity index (χ0n) is 12.8. The summed E-state index contributed by atoms with van der Waals surface area (Å²) in [6, 6.07) is -0.903. The predicted octanol–water partition coefficient (Wildman–Crippen LogP) is 1.40. The van der Waals surface area contributed by atoms with Crippen molar-refractivity contribution in [2.45, 2.75) is 52.2 Å². The zero-order chi connectivity index (χ0) is 15.7. The van der Waals surface area contributed by atoms with Gasteiger partial charge >= 0.3 is 0 Å². The van der Waals surface area contributed by atoms with Crippen LogP contribution in [-0.2, 0) is 23.2 Å². The van der Waals surface area contributed by atoms with Gasteiger partial charge in [0.15, 0.2) is 0 Å². The summed E-state index contributed by atoms with van der Waals surface area (Å²) in [4.78, 5) is 26.3. The summed E-state index contributed by atoms with van der Waals surface area (Å²) >= 11 is 6.26. The van der Waals surface area contributed by atoms with Gasteiger partial charge in [-0.3, -0.25) is 14.3 Å². The Morgan fingerprint density at radius 2 is 1.95 bits per heavy atom. The second-order valence-electron chi connectivity index (χ2n) is 5.33. The van der Waals surface area contributed by atoms with Gasteiger partial charge < -0.3 is 10.2 Å². The number of nitrogens with one attached hydrogen (secondary N) is 1. The van der Waals surface area contributed by atoms with Crippen LogP contribution in [0, 0.1) is 6.92 Å².